The van der Waals surface area contributed by atoms with Crippen LogP contribution in [0.1, 0.15) is 5.69 Å². The number of carbonyl (C=O) groups excluding carboxylic acids is 1. The Labute approximate surface area is 169 Å². The molecule has 0 aliphatic heterocycles. The molecular formula is C20H15ClN4O2S. The number of halogens is 1. The van der Waals surface area contributed by atoms with E-state index in [1.807, 2.05) is 24.3 Å². The smallest absolute Gasteiger partial charge is 0.254 e. The molecule has 4 rings (SSSR count). The summed E-state index contributed by atoms with van der Waals surface area (Å²) < 4.78 is 2.31. The minimum Gasteiger partial charge on any atom is -0.300 e. The highest BCUT2D eigenvalue weighted by molar-refractivity contribution is 7.22. The van der Waals surface area contributed by atoms with Crippen molar-refractivity contribution in [1.29, 1.82) is 0 Å². The highest BCUT2D eigenvalue weighted by Crippen LogP contribution is 2.25. The molecular weight excluding hydrogens is 396 g/mol. The van der Waals surface area contributed by atoms with Gasteiger partial charge in [-0.25, -0.2) is 9.97 Å². The van der Waals surface area contributed by atoms with Gasteiger partial charge in [0.1, 0.15) is 12.4 Å². The quantitative estimate of drug-likeness (QED) is 0.549. The van der Waals surface area contributed by atoms with Crippen LogP contribution in [0.4, 0.5) is 5.13 Å². The Bertz CT molecular complexity index is 1220. The third-order valence-corrected chi connectivity index (χ3v) is 5.25. The first kappa shape index (κ1) is 18.3. The van der Waals surface area contributed by atoms with Crippen LogP contribution >= 0.6 is 22.9 Å². The number of amides is 1. The van der Waals surface area contributed by atoms with Crippen LogP contribution in [-0.4, -0.2) is 20.4 Å². The van der Waals surface area contributed by atoms with Crippen LogP contribution in [0.3, 0.4) is 0 Å². The molecule has 0 unspecified atom stereocenters. The van der Waals surface area contributed by atoms with Gasteiger partial charge < -0.3 is 5.32 Å². The second-order valence-electron chi connectivity index (χ2n) is 6.19. The highest BCUT2D eigenvalue weighted by atomic mass is 35.5. The molecule has 1 amide bonds. The van der Waals surface area contributed by atoms with E-state index in [0.717, 1.165) is 10.2 Å². The first-order chi connectivity index (χ1) is 13.5. The van der Waals surface area contributed by atoms with Gasteiger partial charge in [0, 0.05) is 22.3 Å². The fourth-order valence-corrected chi connectivity index (χ4v) is 3.92. The Balaban J connectivity index is 1.65. The van der Waals surface area contributed by atoms with E-state index in [1.54, 1.807) is 31.2 Å². The number of hydrogen-bond donors (Lipinski definition) is 1. The van der Waals surface area contributed by atoms with Crippen molar-refractivity contribution >= 4 is 44.2 Å². The minimum atomic E-state index is -0.352. The number of thiazole rings is 1. The first-order valence-electron chi connectivity index (χ1n) is 8.49. The van der Waals surface area contributed by atoms with Crippen LogP contribution in [-0.2, 0) is 11.3 Å². The number of fused-ring (bicyclic) bond motifs is 1. The topological polar surface area (TPSA) is 76.9 Å². The molecule has 1 N–H and O–H groups in total. The number of nitrogens with one attached hydrogen (secondary N) is 1. The summed E-state index contributed by atoms with van der Waals surface area (Å²) in [6.45, 7) is 1.56. The van der Waals surface area contributed by atoms with Crippen LogP contribution in [0.5, 0.6) is 0 Å². The predicted molar refractivity (Wildman–Crippen MR) is 112 cm³/mol. The lowest BCUT2D eigenvalue weighted by molar-refractivity contribution is -0.116. The minimum absolute atomic E-state index is 0.177. The van der Waals surface area contributed by atoms with Crippen molar-refractivity contribution < 1.29 is 4.79 Å². The van der Waals surface area contributed by atoms with E-state index in [4.69, 9.17) is 11.6 Å². The van der Waals surface area contributed by atoms with E-state index in [9.17, 15) is 9.59 Å². The van der Waals surface area contributed by atoms with Gasteiger partial charge in [-0.3, -0.25) is 14.2 Å². The number of aromatic nitrogens is 3. The lowest BCUT2D eigenvalue weighted by Gasteiger charge is -2.12. The maximum absolute atomic E-state index is 12.6. The van der Waals surface area contributed by atoms with Gasteiger partial charge in [-0.05, 0) is 31.2 Å². The lowest BCUT2D eigenvalue weighted by Crippen LogP contribution is -2.29. The Morgan fingerprint density at radius 1 is 1.14 bits per heavy atom. The molecule has 0 saturated heterocycles. The molecule has 2 aromatic heterocycles. The summed E-state index contributed by atoms with van der Waals surface area (Å²) >= 11 is 7.46. The zero-order chi connectivity index (χ0) is 19.7. The van der Waals surface area contributed by atoms with E-state index in [2.05, 4.69) is 15.3 Å². The maximum atomic E-state index is 12.6. The SMILES string of the molecule is Cc1cc(=O)n(CC(=O)Nc2nc3ccccc3s2)c(-c2cccc(Cl)c2)n1. The number of rotatable bonds is 4. The Hall–Kier alpha value is -3.03. The van der Waals surface area contributed by atoms with E-state index in [0.29, 0.717) is 27.2 Å². The van der Waals surface area contributed by atoms with Gasteiger partial charge in [-0.1, -0.05) is 47.2 Å². The first-order valence-corrected chi connectivity index (χ1v) is 9.69. The molecule has 0 fully saturated rings. The Morgan fingerprint density at radius 3 is 2.75 bits per heavy atom. The van der Waals surface area contributed by atoms with Crippen molar-refractivity contribution in [3.63, 3.8) is 0 Å². The van der Waals surface area contributed by atoms with Crippen LogP contribution in [0.25, 0.3) is 21.6 Å². The lowest BCUT2D eigenvalue weighted by atomic mass is 10.2. The molecule has 0 aliphatic rings. The summed E-state index contributed by atoms with van der Waals surface area (Å²) in [4.78, 5) is 34.0. The van der Waals surface area contributed by atoms with Gasteiger partial charge >= 0.3 is 0 Å². The number of aryl methyl sites for hydroxylation is 1. The third kappa shape index (κ3) is 3.81. The number of nitrogens with zero attached hydrogens (tertiary/aromatic N) is 3. The molecule has 140 valence electrons. The van der Waals surface area contributed by atoms with Crippen LogP contribution in [0, 0.1) is 6.92 Å². The standard InChI is InChI=1S/C20H15ClN4O2S/c1-12-9-18(27)25(19(22-12)13-5-4-6-14(21)10-13)11-17(26)24-20-23-15-7-2-3-8-16(15)28-20/h2-10H,11H2,1H3,(H,23,24,26). The summed E-state index contributed by atoms with van der Waals surface area (Å²) in [6, 6.07) is 16.1. The monoisotopic (exact) mass is 410 g/mol. The molecule has 0 radical (unpaired) electrons. The summed E-state index contributed by atoms with van der Waals surface area (Å²) in [5, 5.41) is 3.78. The summed E-state index contributed by atoms with van der Waals surface area (Å²) in [6.07, 6.45) is 0. The number of benzene rings is 2. The molecule has 2 aromatic carbocycles. The van der Waals surface area contributed by atoms with Gasteiger partial charge in [0.15, 0.2) is 5.13 Å². The molecule has 8 heteroatoms. The van der Waals surface area contributed by atoms with Crippen LogP contribution < -0.4 is 10.9 Å². The number of carbonyl (C=O) groups is 1. The van der Waals surface area contributed by atoms with Crippen molar-refractivity contribution in [2.24, 2.45) is 0 Å². The molecule has 0 spiro atoms. The number of anilines is 1. The molecule has 4 aromatic rings. The Morgan fingerprint density at radius 2 is 1.96 bits per heavy atom. The molecule has 0 bridgehead atoms. The maximum Gasteiger partial charge on any atom is 0.254 e. The predicted octanol–water partition coefficient (Wildman–Crippen LogP) is 4.12. The molecule has 0 aliphatic carbocycles. The van der Waals surface area contributed by atoms with E-state index in [-0.39, 0.29) is 18.0 Å². The second-order valence-corrected chi connectivity index (χ2v) is 7.66. The summed E-state index contributed by atoms with van der Waals surface area (Å²) in [5.74, 6) is 0.0436. The van der Waals surface area contributed by atoms with Crippen molar-refractivity contribution in [1.82, 2.24) is 14.5 Å². The second kappa shape index (κ2) is 7.53. The van der Waals surface area contributed by atoms with Gasteiger partial charge in [-0.15, -0.1) is 0 Å². The summed E-state index contributed by atoms with van der Waals surface area (Å²) in [5.41, 5.74) is 1.75. The van der Waals surface area contributed by atoms with Crippen LogP contribution in [0.2, 0.25) is 5.02 Å². The largest absolute Gasteiger partial charge is 0.300 e. The fraction of sp³-hybridized carbons (Fsp3) is 0.100. The Kier molecular flexibility index (Phi) is 4.93. The molecule has 0 atom stereocenters. The molecule has 0 saturated carbocycles. The average molecular weight is 411 g/mol. The van der Waals surface area contributed by atoms with Gasteiger partial charge in [0.05, 0.1) is 10.2 Å². The highest BCUT2D eigenvalue weighted by Gasteiger charge is 2.15. The normalized spacial score (nSPS) is 10.9. The molecule has 2 heterocycles. The summed E-state index contributed by atoms with van der Waals surface area (Å²) in [7, 11) is 0. The fourth-order valence-electron chi connectivity index (χ4n) is 2.85. The van der Waals surface area contributed by atoms with Gasteiger partial charge in [0.2, 0.25) is 5.91 Å². The van der Waals surface area contributed by atoms with E-state index < -0.39 is 0 Å². The third-order valence-electron chi connectivity index (χ3n) is 4.06. The van der Waals surface area contributed by atoms with E-state index in [1.165, 1.54) is 22.0 Å². The zero-order valence-corrected chi connectivity index (χ0v) is 16.4. The number of para-hydroxylation sites is 1. The molecule has 6 nitrogen and oxygen atoms in total. The molecule has 28 heavy (non-hydrogen) atoms. The van der Waals surface area contributed by atoms with E-state index >= 15 is 0 Å². The average Bonchev–Trinajstić information content (AvgIpc) is 3.05. The number of hydrogen-bond acceptors (Lipinski definition) is 5. The zero-order valence-electron chi connectivity index (χ0n) is 14.8. The van der Waals surface area contributed by atoms with Gasteiger partial charge in [0.25, 0.3) is 5.56 Å². The van der Waals surface area contributed by atoms with Crippen molar-refractivity contribution in [3.05, 3.63) is 75.7 Å². The van der Waals surface area contributed by atoms with Crippen LogP contribution in [0.15, 0.2) is 59.4 Å². The van der Waals surface area contributed by atoms with Crippen molar-refractivity contribution in [2.45, 2.75) is 13.5 Å². The van der Waals surface area contributed by atoms with Gasteiger partial charge in [-0.2, -0.15) is 0 Å². The van der Waals surface area contributed by atoms with Crippen molar-refractivity contribution in [2.75, 3.05) is 5.32 Å². The van der Waals surface area contributed by atoms with Crippen molar-refractivity contribution in [3.8, 4) is 11.4 Å².